The summed E-state index contributed by atoms with van der Waals surface area (Å²) in [7, 11) is 0. The summed E-state index contributed by atoms with van der Waals surface area (Å²) in [6.45, 7) is 0. The normalized spacial score (nSPS) is 14.2. The van der Waals surface area contributed by atoms with Crippen LogP contribution in [0.1, 0.15) is 27.8 Å². The van der Waals surface area contributed by atoms with Gasteiger partial charge < -0.3 is 15.3 Å². The molecule has 0 spiro atoms. The van der Waals surface area contributed by atoms with E-state index in [1.807, 2.05) is 5.92 Å². The lowest BCUT2D eigenvalue weighted by Gasteiger charge is -2.36. The maximum atomic E-state index is 12.9. The molecule has 0 aliphatic rings. The Bertz CT molecular complexity index is 1360. The van der Waals surface area contributed by atoms with Gasteiger partial charge in [-0.25, -0.2) is 0 Å². The monoisotopic (exact) mass is 702 g/mol. The highest BCUT2D eigenvalue weighted by Crippen LogP contribution is 2.54. The molecule has 3 N–H and O–H groups in total. The Morgan fingerprint density at radius 3 is 0.826 bits per heavy atom. The van der Waals surface area contributed by atoms with Crippen LogP contribution in [0.4, 0.5) is 79.0 Å². The predicted octanol–water partition coefficient (Wildman–Crippen LogP) is 7.27. The summed E-state index contributed by atoms with van der Waals surface area (Å²) in [5.74, 6) is 3.31. The quantitative estimate of drug-likeness (QED) is 0.233. The zero-order chi connectivity index (χ0) is 36.8. The molecule has 0 saturated carbocycles. The molecule has 2 rings (SSSR count). The lowest BCUT2D eigenvalue weighted by Crippen LogP contribution is -2.55. The maximum absolute atomic E-state index is 12.9. The standard InChI is InChI=1S/C14H6F12O2.C11H6F6O/c1-2-6-3-7(9(27,11(15,16)17)12(18,19)20)5-8(4-6)10(28,13(21,22)23)14(24,25)26;1-2-7-3-5-8(6-4-7)9(18,10(12,13)14)11(15,16)17/h1,3-5,27-28H;1,3-6,18H. The van der Waals surface area contributed by atoms with Crippen LogP contribution in [0.3, 0.4) is 0 Å². The molecule has 0 aliphatic heterocycles. The zero-order valence-corrected chi connectivity index (χ0v) is 21.3. The molecule has 0 amide bonds. The third-order valence-corrected chi connectivity index (χ3v) is 5.87. The fourth-order valence-corrected chi connectivity index (χ4v) is 3.40. The molecule has 3 nitrogen and oxygen atoms in total. The summed E-state index contributed by atoms with van der Waals surface area (Å²) in [4.78, 5) is 0. The topological polar surface area (TPSA) is 60.7 Å². The van der Waals surface area contributed by atoms with Gasteiger partial charge in [0.05, 0.1) is 0 Å². The maximum Gasteiger partial charge on any atom is 0.430 e. The molecule has 0 bridgehead atoms. The van der Waals surface area contributed by atoms with Crippen LogP contribution >= 0.6 is 0 Å². The van der Waals surface area contributed by atoms with E-state index in [-0.39, 0.29) is 17.7 Å². The van der Waals surface area contributed by atoms with Crippen LogP contribution in [-0.2, 0) is 16.8 Å². The Labute approximate surface area is 244 Å². The third-order valence-electron chi connectivity index (χ3n) is 5.87. The minimum Gasteiger partial charge on any atom is -0.369 e. The summed E-state index contributed by atoms with van der Waals surface area (Å²) in [6.07, 6.45) is -28.7. The summed E-state index contributed by atoms with van der Waals surface area (Å²) in [5.41, 5.74) is -24.2. The van der Waals surface area contributed by atoms with Crippen molar-refractivity contribution in [1.82, 2.24) is 0 Å². The first-order valence-electron chi connectivity index (χ1n) is 11.0. The molecular weight excluding hydrogens is 690 g/mol. The number of alkyl halides is 18. The molecule has 0 aliphatic carbocycles. The van der Waals surface area contributed by atoms with Crippen LogP contribution in [0.15, 0.2) is 42.5 Å². The predicted molar refractivity (Wildman–Crippen MR) is 117 cm³/mol. The van der Waals surface area contributed by atoms with Crippen molar-refractivity contribution in [3.8, 4) is 24.7 Å². The zero-order valence-electron chi connectivity index (χ0n) is 21.3. The minimum absolute atomic E-state index is 0.102. The van der Waals surface area contributed by atoms with Crippen LogP contribution in [0.5, 0.6) is 0 Å². The molecule has 21 heteroatoms. The molecule has 0 heterocycles. The lowest BCUT2D eigenvalue weighted by molar-refractivity contribution is -0.378. The van der Waals surface area contributed by atoms with Gasteiger partial charge in [0.2, 0.25) is 0 Å². The Kier molecular flexibility index (Phi) is 10.6. The van der Waals surface area contributed by atoms with Crippen molar-refractivity contribution >= 4 is 0 Å². The average molecular weight is 702 g/mol. The number of rotatable bonds is 3. The van der Waals surface area contributed by atoms with Crippen molar-refractivity contribution in [2.75, 3.05) is 0 Å². The van der Waals surface area contributed by atoms with E-state index in [0.29, 0.717) is 12.1 Å². The van der Waals surface area contributed by atoms with Gasteiger partial charge in [-0.15, -0.1) is 12.8 Å². The number of aliphatic hydroxyl groups is 3. The number of hydrogen-bond acceptors (Lipinski definition) is 3. The molecule has 46 heavy (non-hydrogen) atoms. The largest absolute Gasteiger partial charge is 0.430 e. The van der Waals surface area contributed by atoms with E-state index >= 15 is 0 Å². The molecule has 0 saturated heterocycles. The molecule has 0 aromatic heterocycles. The van der Waals surface area contributed by atoms with E-state index in [9.17, 15) is 89.2 Å². The molecule has 2 aromatic rings. The highest BCUT2D eigenvalue weighted by atomic mass is 19.4. The number of benzene rings is 2. The van der Waals surface area contributed by atoms with Crippen LogP contribution in [0.25, 0.3) is 0 Å². The van der Waals surface area contributed by atoms with Crippen molar-refractivity contribution in [1.29, 1.82) is 0 Å². The second-order valence-corrected chi connectivity index (χ2v) is 8.78. The number of terminal acetylenes is 2. The van der Waals surface area contributed by atoms with Crippen LogP contribution < -0.4 is 0 Å². The minimum atomic E-state index is -6.62. The number of halogens is 18. The van der Waals surface area contributed by atoms with Gasteiger partial charge in [-0.1, -0.05) is 24.0 Å². The SMILES string of the molecule is C#Cc1cc(C(O)(C(F)(F)F)C(F)(F)F)cc(C(O)(C(F)(F)F)C(F)(F)F)c1.C#Cc1ccc(C(O)(C(F)(F)F)C(F)(F)F)cc1. The second-order valence-electron chi connectivity index (χ2n) is 8.78. The highest BCUT2D eigenvalue weighted by Gasteiger charge is 2.74. The Morgan fingerprint density at radius 2 is 0.609 bits per heavy atom. The van der Waals surface area contributed by atoms with Crippen molar-refractivity contribution in [2.24, 2.45) is 0 Å². The summed E-state index contributed by atoms with van der Waals surface area (Å²) in [5, 5.41) is 27.4. The first-order valence-corrected chi connectivity index (χ1v) is 11.0. The first-order chi connectivity index (χ1) is 20.2. The smallest absolute Gasteiger partial charge is 0.369 e. The van der Waals surface area contributed by atoms with Crippen molar-refractivity contribution in [3.63, 3.8) is 0 Å². The highest BCUT2D eigenvalue weighted by molar-refractivity contribution is 5.45. The molecule has 0 unspecified atom stereocenters. The Hall–Kier alpha value is -3.82. The summed E-state index contributed by atoms with van der Waals surface area (Å²) >= 11 is 0. The molecule has 256 valence electrons. The third kappa shape index (κ3) is 6.95. The van der Waals surface area contributed by atoms with Gasteiger partial charge in [-0.3, -0.25) is 0 Å². The van der Waals surface area contributed by atoms with Gasteiger partial charge in [0, 0.05) is 27.8 Å². The second kappa shape index (κ2) is 12.1. The van der Waals surface area contributed by atoms with Gasteiger partial charge in [-0.2, -0.15) is 79.0 Å². The first kappa shape index (κ1) is 40.2. The van der Waals surface area contributed by atoms with Gasteiger partial charge in [0.1, 0.15) is 0 Å². The van der Waals surface area contributed by atoms with Crippen molar-refractivity contribution in [3.05, 3.63) is 70.3 Å². The Morgan fingerprint density at radius 1 is 0.370 bits per heavy atom. The van der Waals surface area contributed by atoms with Gasteiger partial charge in [0.15, 0.2) is 0 Å². The fraction of sp³-hybridized carbons (Fsp3) is 0.360. The average Bonchev–Trinajstić information content (AvgIpc) is 2.87. The Balaban J connectivity index is 0.000000506. The van der Waals surface area contributed by atoms with Gasteiger partial charge in [-0.05, 0) is 30.3 Å². The van der Waals surface area contributed by atoms with E-state index in [2.05, 4.69) is 6.42 Å². The van der Waals surface area contributed by atoms with E-state index in [1.165, 1.54) is 5.92 Å². The van der Waals surface area contributed by atoms with E-state index in [1.54, 1.807) is 0 Å². The number of hydrogen-bond donors (Lipinski definition) is 3. The molecule has 2 aromatic carbocycles. The van der Waals surface area contributed by atoms with Gasteiger partial charge >= 0.3 is 37.1 Å². The molecule has 0 atom stereocenters. The molecule has 0 radical (unpaired) electrons. The summed E-state index contributed by atoms with van der Waals surface area (Å²) in [6, 6.07) is 1.29. The van der Waals surface area contributed by atoms with Gasteiger partial charge in [0.25, 0.3) is 16.8 Å². The lowest BCUT2D eigenvalue weighted by atomic mass is 9.84. The molecule has 0 fully saturated rings. The van der Waals surface area contributed by atoms with Crippen molar-refractivity contribution in [2.45, 2.75) is 53.9 Å². The van der Waals surface area contributed by atoms with Crippen molar-refractivity contribution < 1.29 is 94.3 Å². The van der Waals surface area contributed by atoms with E-state index < -0.39 is 82.2 Å². The van der Waals surface area contributed by atoms with Crippen LogP contribution in [0, 0.1) is 24.7 Å². The van der Waals surface area contributed by atoms with Crippen LogP contribution in [-0.4, -0.2) is 52.4 Å². The molecular formula is C25H12F18O3. The fourth-order valence-electron chi connectivity index (χ4n) is 3.40. The van der Waals surface area contributed by atoms with Crippen LogP contribution in [0.2, 0.25) is 0 Å². The van der Waals surface area contributed by atoms with E-state index in [0.717, 1.165) is 12.1 Å². The summed E-state index contributed by atoms with van der Waals surface area (Å²) < 4.78 is 229. The van der Waals surface area contributed by atoms with E-state index in [4.69, 9.17) is 11.5 Å².